The molecule has 4 heteroatoms. The van der Waals surface area contributed by atoms with Gasteiger partial charge in [-0.15, -0.1) is 0 Å². The molecule has 1 aromatic heterocycles. The summed E-state index contributed by atoms with van der Waals surface area (Å²) in [7, 11) is 0. The Morgan fingerprint density at radius 1 is 1.21 bits per heavy atom. The molecule has 124 valence electrons. The van der Waals surface area contributed by atoms with E-state index in [9.17, 15) is 4.79 Å². The van der Waals surface area contributed by atoms with Crippen molar-refractivity contribution in [2.75, 3.05) is 6.61 Å². The lowest BCUT2D eigenvalue weighted by atomic mass is 10.1. The SMILES string of the molecule is CCOC(=O)c1cccc(-n2c(C(C)C)nc3cc(C)ccc32)c1. The molecule has 24 heavy (non-hydrogen) atoms. The molecule has 0 spiro atoms. The second kappa shape index (κ2) is 6.48. The highest BCUT2D eigenvalue weighted by Crippen LogP contribution is 2.27. The number of aromatic nitrogens is 2. The highest BCUT2D eigenvalue weighted by Gasteiger charge is 2.16. The number of carbonyl (C=O) groups is 1. The minimum absolute atomic E-state index is 0.268. The summed E-state index contributed by atoms with van der Waals surface area (Å²) in [4.78, 5) is 16.9. The monoisotopic (exact) mass is 322 g/mol. The lowest BCUT2D eigenvalue weighted by molar-refractivity contribution is 0.0526. The molecule has 2 aromatic carbocycles. The zero-order valence-corrected chi connectivity index (χ0v) is 14.5. The zero-order valence-electron chi connectivity index (χ0n) is 14.5. The Bertz CT molecular complexity index is 894. The molecule has 0 atom stereocenters. The molecule has 0 fully saturated rings. The Morgan fingerprint density at radius 2 is 2.00 bits per heavy atom. The van der Waals surface area contributed by atoms with Gasteiger partial charge in [0.05, 0.1) is 23.2 Å². The van der Waals surface area contributed by atoms with Crippen molar-refractivity contribution in [3.63, 3.8) is 0 Å². The Kier molecular flexibility index (Phi) is 4.38. The maximum atomic E-state index is 12.0. The molecule has 0 aliphatic rings. The average Bonchev–Trinajstić information content (AvgIpc) is 2.94. The van der Waals surface area contributed by atoms with E-state index in [1.165, 1.54) is 5.56 Å². The van der Waals surface area contributed by atoms with Crippen LogP contribution in [0.4, 0.5) is 0 Å². The van der Waals surface area contributed by atoms with E-state index < -0.39 is 0 Å². The first kappa shape index (κ1) is 16.2. The number of rotatable bonds is 4. The van der Waals surface area contributed by atoms with E-state index in [1.807, 2.05) is 25.1 Å². The van der Waals surface area contributed by atoms with E-state index in [4.69, 9.17) is 9.72 Å². The summed E-state index contributed by atoms with van der Waals surface area (Å²) in [6.45, 7) is 8.49. The van der Waals surface area contributed by atoms with E-state index in [0.717, 1.165) is 22.5 Å². The first-order valence-corrected chi connectivity index (χ1v) is 8.27. The van der Waals surface area contributed by atoms with Crippen molar-refractivity contribution in [3.05, 3.63) is 59.4 Å². The van der Waals surface area contributed by atoms with Crippen LogP contribution in [0.1, 0.15) is 48.4 Å². The minimum atomic E-state index is -0.300. The topological polar surface area (TPSA) is 44.1 Å². The molecule has 0 amide bonds. The van der Waals surface area contributed by atoms with Crippen LogP contribution in [0.2, 0.25) is 0 Å². The number of aryl methyl sites for hydroxylation is 1. The number of hydrogen-bond donors (Lipinski definition) is 0. The van der Waals surface area contributed by atoms with Crippen LogP contribution >= 0.6 is 0 Å². The maximum absolute atomic E-state index is 12.0. The molecule has 0 aliphatic heterocycles. The number of hydrogen-bond acceptors (Lipinski definition) is 3. The second-order valence-electron chi connectivity index (χ2n) is 6.22. The summed E-state index contributed by atoms with van der Waals surface area (Å²) in [6.07, 6.45) is 0. The van der Waals surface area contributed by atoms with Gasteiger partial charge in [0.15, 0.2) is 0 Å². The Balaban J connectivity index is 2.20. The molecule has 3 aromatic rings. The molecule has 4 nitrogen and oxygen atoms in total. The number of carbonyl (C=O) groups excluding carboxylic acids is 1. The van der Waals surface area contributed by atoms with Crippen molar-refractivity contribution in [1.82, 2.24) is 9.55 Å². The summed E-state index contributed by atoms with van der Waals surface area (Å²) in [5, 5.41) is 0. The highest BCUT2D eigenvalue weighted by molar-refractivity contribution is 5.90. The van der Waals surface area contributed by atoms with E-state index in [0.29, 0.717) is 12.2 Å². The molecule has 0 radical (unpaired) electrons. The Morgan fingerprint density at radius 3 is 2.71 bits per heavy atom. The van der Waals surface area contributed by atoms with E-state index in [2.05, 4.69) is 43.5 Å². The van der Waals surface area contributed by atoms with Gasteiger partial charge in [-0.25, -0.2) is 9.78 Å². The lowest BCUT2D eigenvalue weighted by Crippen LogP contribution is -2.07. The predicted molar refractivity (Wildman–Crippen MR) is 95.9 cm³/mol. The molecule has 0 saturated heterocycles. The summed E-state index contributed by atoms with van der Waals surface area (Å²) in [5.41, 5.74) is 4.68. The van der Waals surface area contributed by atoms with Gasteiger partial charge in [0.1, 0.15) is 5.82 Å². The van der Waals surface area contributed by atoms with Crippen molar-refractivity contribution >= 4 is 17.0 Å². The summed E-state index contributed by atoms with van der Waals surface area (Å²) >= 11 is 0. The van der Waals surface area contributed by atoms with Crippen molar-refractivity contribution in [2.45, 2.75) is 33.6 Å². The third-order valence-electron chi connectivity index (χ3n) is 3.97. The van der Waals surface area contributed by atoms with Gasteiger partial charge in [0, 0.05) is 11.6 Å². The number of ether oxygens (including phenoxy) is 1. The van der Waals surface area contributed by atoms with Crippen LogP contribution in [0.15, 0.2) is 42.5 Å². The number of nitrogens with zero attached hydrogens (tertiary/aromatic N) is 2. The van der Waals surface area contributed by atoms with Gasteiger partial charge in [0.25, 0.3) is 0 Å². The van der Waals surface area contributed by atoms with Gasteiger partial charge >= 0.3 is 5.97 Å². The maximum Gasteiger partial charge on any atom is 0.338 e. The molecular formula is C20H22N2O2. The van der Waals surface area contributed by atoms with Crippen LogP contribution in [0.25, 0.3) is 16.7 Å². The molecule has 0 N–H and O–H groups in total. The van der Waals surface area contributed by atoms with Crippen LogP contribution in [-0.2, 0) is 4.74 Å². The largest absolute Gasteiger partial charge is 0.462 e. The standard InChI is InChI=1S/C20H22N2O2/c1-5-24-20(23)15-7-6-8-16(12-15)22-18-10-9-14(4)11-17(18)21-19(22)13(2)3/h6-13H,5H2,1-4H3. The second-order valence-corrected chi connectivity index (χ2v) is 6.22. The Hall–Kier alpha value is -2.62. The van der Waals surface area contributed by atoms with Crippen LogP contribution in [-0.4, -0.2) is 22.1 Å². The van der Waals surface area contributed by atoms with Crippen molar-refractivity contribution in [1.29, 1.82) is 0 Å². The number of esters is 1. The number of benzene rings is 2. The lowest BCUT2D eigenvalue weighted by Gasteiger charge is -2.12. The highest BCUT2D eigenvalue weighted by atomic mass is 16.5. The summed E-state index contributed by atoms with van der Waals surface area (Å²) < 4.78 is 7.24. The summed E-state index contributed by atoms with van der Waals surface area (Å²) in [5.74, 6) is 0.950. The van der Waals surface area contributed by atoms with Crippen molar-refractivity contribution < 1.29 is 9.53 Å². The molecule has 0 unspecified atom stereocenters. The van der Waals surface area contributed by atoms with Crippen LogP contribution < -0.4 is 0 Å². The van der Waals surface area contributed by atoms with Gasteiger partial charge in [-0.3, -0.25) is 4.57 Å². The molecular weight excluding hydrogens is 300 g/mol. The van der Waals surface area contributed by atoms with E-state index >= 15 is 0 Å². The van der Waals surface area contributed by atoms with Gasteiger partial charge in [0.2, 0.25) is 0 Å². The fourth-order valence-electron chi connectivity index (χ4n) is 2.85. The molecule has 0 aliphatic carbocycles. The fraction of sp³-hybridized carbons (Fsp3) is 0.300. The predicted octanol–water partition coefficient (Wildman–Crippen LogP) is 4.63. The van der Waals surface area contributed by atoms with Crippen molar-refractivity contribution in [2.24, 2.45) is 0 Å². The third kappa shape index (κ3) is 2.92. The summed E-state index contributed by atoms with van der Waals surface area (Å²) in [6, 6.07) is 13.8. The first-order chi connectivity index (χ1) is 11.5. The van der Waals surface area contributed by atoms with E-state index in [-0.39, 0.29) is 11.9 Å². The average molecular weight is 322 g/mol. The zero-order chi connectivity index (χ0) is 17.3. The number of fused-ring (bicyclic) bond motifs is 1. The smallest absolute Gasteiger partial charge is 0.338 e. The van der Waals surface area contributed by atoms with Crippen LogP contribution in [0, 0.1) is 6.92 Å². The fourth-order valence-corrected chi connectivity index (χ4v) is 2.85. The van der Waals surface area contributed by atoms with E-state index in [1.54, 1.807) is 6.07 Å². The molecule has 0 bridgehead atoms. The normalized spacial score (nSPS) is 11.2. The van der Waals surface area contributed by atoms with Crippen LogP contribution in [0.3, 0.4) is 0 Å². The quantitative estimate of drug-likeness (QED) is 0.658. The van der Waals surface area contributed by atoms with Crippen LogP contribution in [0.5, 0.6) is 0 Å². The first-order valence-electron chi connectivity index (χ1n) is 8.27. The Labute approximate surface area is 142 Å². The van der Waals surface area contributed by atoms with Crippen molar-refractivity contribution in [3.8, 4) is 5.69 Å². The minimum Gasteiger partial charge on any atom is -0.462 e. The molecule has 3 rings (SSSR count). The number of imidazole rings is 1. The third-order valence-corrected chi connectivity index (χ3v) is 3.97. The van der Waals surface area contributed by atoms with Gasteiger partial charge in [-0.2, -0.15) is 0 Å². The van der Waals surface area contributed by atoms with Gasteiger partial charge in [-0.05, 0) is 49.7 Å². The molecule has 1 heterocycles. The van der Waals surface area contributed by atoms with Gasteiger partial charge < -0.3 is 4.74 Å². The van der Waals surface area contributed by atoms with Gasteiger partial charge in [-0.1, -0.05) is 26.0 Å². The molecule has 0 saturated carbocycles.